The summed E-state index contributed by atoms with van der Waals surface area (Å²) in [6, 6.07) is 2.33. The molecule has 0 saturated carbocycles. The molecule has 0 spiro atoms. The predicted molar refractivity (Wildman–Crippen MR) is 65.3 cm³/mol. The highest BCUT2D eigenvalue weighted by molar-refractivity contribution is 6.32. The van der Waals surface area contributed by atoms with Crippen LogP contribution in [0.1, 0.15) is 12.8 Å². The van der Waals surface area contributed by atoms with E-state index in [9.17, 15) is 0 Å². The monoisotopic (exact) mass is 241 g/mol. The molecule has 2 heterocycles. The van der Waals surface area contributed by atoms with E-state index >= 15 is 0 Å². The quantitative estimate of drug-likeness (QED) is 0.791. The van der Waals surface area contributed by atoms with E-state index in [1.165, 1.54) is 12.8 Å². The molecule has 0 amide bonds. The maximum atomic E-state index is 5.88. The van der Waals surface area contributed by atoms with Crippen molar-refractivity contribution in [2.45, 2.75) is 18.9 Å². The minimum absolute atomic E-state index is 0.466. The second kappa shape index (κ2) is 5.37. The van der Waals surface area contributed by atoms with Gasteiger partial charge in [0.25, 0.3) is 0 Å². The van der Waals surface area contributed by atoms with Gasteiger partial charge >= 0.3 is 0 Å². The molecule has 4 nitrogen and oxygen atoms in total. The van der Waals surface area contributed by atoms with Gasteiger partial charge in [0.2, 0.25) is 0 Å². The number of anilines is 1. The Bertz CT molecular complexity index is 353. The third-order valence-corrected chi connectivity index (χ3v) is 3.00. The number of nitrogens with one attached hydrogen (secondary N) is 2. The zero-order valence-corrected chi connectivity index (χ0v) is 10.0. The van der Waals surface area contributed by atoms with Gasteiger partial charge in [0.05, 0.1) is 11.9 Å². The SMILES string of the molecule is CNc1cc(OCC2CCCN2)cnc1Cl. The number of pyridine rings is 1. The average molecular weight is 242 g/mol. The van der Waals surface area contributed by atoms with E-state index in [-0.39, 0.29) is 0 Å². The van der Waals surface area contributed by atoms with Crippen LogP contribution in [0, 0.1) is 0 Å². The molecule has 1 unspecified atom stereocenters. The molecule has 2 rings (SSSR count). The molecule has 88 valence electrons. The summed E-state index contributed by atoms with van der Waals surface area (Å²) < 4.78 is 5.66. The Morgan fingerprint density at radius 2 is 2.56 bits per heavy atom. The lowest BCUT2D eigenvalue weighted by Gasteiger charge is -2.12. The lowest BCUT2D eigenvalue weighted by atomic mass is 10.2. The van der Waals surface area contributed by atoms with Gasteiger partial charge in [-0.1, -0.05) is 11.6 Å². The first-order chi connectivity index (χ1) is 7.79. The van der Waals surface area contributed by atoms with Crippen molar-refractivity contribution in [1.29, 1.82) is 0 Å². The third kappa shape index (κ3) is 2.77. The average Bonchev–Trinajstić information content (AvgIpc) is 2.81. The van der Waals surface area contributed by atoms with Crippen LogP contribution in [0.2, 0.25) is 5.15 Å². The van der Waals surface area contributed by atoms with Crippen LogP contribution in [0.3, 0.4) is 0 Å². The van der Waals surface area contributed by atoms with E-state index in [0.29, 0.717) is 17.8 Å². The van der Waals surface area contributed by atoms with Crippen LogP contribution in [-0.4, -0.2) is 31.2 Å². The van der Waals surface area contributed by atoms with Crippen molar-refractivity contribution in [1.82, 2.24) is 10.3 Å². The maximum Gasteiger partial charge on any atom is 0.152 e. The molecule has 0 aliphatic carbocycles. The number of hydrogen-bond donors (Lipinski definition) is 2. The molecule has 1 aliphatic rings. The molecule has 5 heteroatoms. The van der Waals surface area contributed by atoms with Crippen molar-refractivity contribution < 1.29 is 4.74 Å². The van der Waals surface area contributed by atoms with Crippen LogP contribution < -0.4 is 15.4 Å². The van der Waals surface area contributed by atoms with Gasteiger partial charge in [0, 0.05) is 19.2 Å². The molecule has 0 radical (unpaired) electrons. The summed E-state index contributed by atoms with van der Waals surface area (Å²) in [5.74, 6) is 0.752. The van der Waals surface area contributed by atoms with E-state index in [0.717, 1.165) is 18.0 Å². The van der Waals surface area contributed by atoms with Gasteiger partial charge in [-0.15, -0.1) is 0 Å². The number of ether oxygens (including phenoxy) is 1. The summed E-state index contributed by atoms with van der Waals surface area (Å²) in [5, 5.41) is 6.82. The lowest BCUT2D eigenvalue weighted by molar-refractivity contribution is 0.276. The van der Waals surface area contributed by atoms with Gasteiger partial charge in [-0.2, -0.15) is 0 Å². The first-order valence-electron chi connectivity index (χ1n) is 5.49. The van der Waals surface area contributed by atoms with Crippen LogP contribution >= 0.6 is 11.6 Å². The molecule has 1 atom stereocenters. The number of halogens is 1. The second-order valence-corrected chi connectivity index (χ2v) is 4.22. The van der Waals surface area contributed by atoms with Crippen molar-refractivity contribution in [3.8, 4) is 5.75 Å². The fraction of sp³-hybridized carbons (Fsp3) is 0.545. The Morgan fingerprint density at radius 3 is 3.25 bits per heavy atom. The summed E-state index contributed by atoms with van der Waals surface area (Å²) in [6.07, 6.45) is 4.06. The summed E-state index contributed by atoms with van der Waals surface area (Å²) in [7, 11) is 1.81. The summed E-state index contributed by atoms with van der Waals surface area (Å²) in [4.78, 5) is 4.05. The standard InChI is InChI=1S/C11H16ClN3O/c1-13-10-5-9(6-15-11(10)12)16-7-8-3-2-4-14-8/h5-6,8,13-14H,2-4,7H2,1H3. The topological polar surface area (TPSA) is 46.2 Å². The molecule has 0 aromatic carbocycles. The van der Waals surface area contributed by atoms with Gasteiger partial charge in [-0.05, 0) is 19.4 Å². The predicted octanol–water partition coefficient (Wildman–Crippen LogP) is 1.91. The zero-order chi connectivity index (χ0) is 11.4. The first-order valence-corrected chi connectivity index (χ1v) is 5.87. The molecule has 1 aromatic heterocycles. The molecule has 16 heavy (non-hydrogen) atoms. The van der Waals surface area contributed by atoms with Crippen molar-refractivity contribution in [3.05, 3.63) is 17.4 Å². The van der Waals surface area contributed by atoms with Crippen LogP contribution in [-0.2, 0) is 0 Å². The number of aromatic nitrogens is 1. The highest BCUT2D eigenvalue weighted by Gasteiger charge is 2.14. The largest absolute Gasteiger partial charge is 0.490 e. The summed E-state index contributed by atoms with van der Waals surface area (Å²) in [6.45, 7) is 1.78. The number of rotatable bonds is 4. The molecular weight excluding hydrogens is 226 g/mol. The van der Waals surface area contributed by atoms with Crippen LogP contribution in [0.15, 0.2) is 12.3 Å². The van der Waals surface area contributed by atoms with Crippen molar-refractivity contribution in [2.75, 3.05) is 25.5 Å². The van der Waals surface area contributed by atoms with Crippen molar-refractivity contribution in [2.24, 2.45) is 0 Å². The third-order valence-electron chi connectivity index (χ3n) is 2.70. The highest BCUT2D eigenvalue weighted by Crippen LogP contribution is 2.23. The van der Waals surface area contributed by atoms with E-state index < -0.39 is 0 Å². The van der Waals surface area contributed by atoms with Crippen LogP contribution in [0.25, 0.3) is 0 Å². The summed E-state index contributed by atoms with van der Waals surface area (Å²) >= 11 is 5.88. The van der Waals surface area contributed by atoms with Crippen LogP contribution in [0.5, 0.6) is 5.75 Å². The zero-order valence-electron chi connectivity index (χ0n) is 9.29. The fourth-order valence-corrected chi connectivity index (χ4v) is 1.98. The molecule has 1 aliphatic heterocycles. The van der Waals surface area contributed by atoms with Gasteiger partial charge in [-0.25, -0.2) is 4.98 Å². The molecule has 2 N–H and O–H groups in total. The van der Waals surface area contributed by atoms with Crippen LogP contribution in [0.4, 0.5) is 5.69 Å². The second-order valence-electron chi connectivity index (χ2n) is 3.86. The Kier molecular flexibility index (Phi) is 3.85. The highest BCUT2D eigenvalue weighted by atomic mass is 35.5. The molecular formula is C11H16ClN3O. The number of hydrogen-bond acceptors (Lipinski definition) is 4. The Labute approximate surface area is 100 Å². The summed E-state index contributed by atoms with van der Waals surface area (Å²) in [5.41, 5.74) is 0.790. The maximum absolute atomic E-state index is 5.88. The Hall–Kier alpha value is -1.00. The smallest absolute Gasteiger partial charge is 0.152 e. The van der Waals surface area contributed by atoms with E-state index in [4.69, 9.17) is 16.3 Å². The lowest BCUT2D eigenvalue weighted by Crippen LogP contribution is -2.28. The first kappa shape index (κ1) is 11.5. The normalized spacial score (nSPS) is 19.8. The Balaban J connectivity index is 1.93. The van der Waals surface area contributed by atoms with Crippen molar-refractivity contribution >= 4 is 17.3 Å². The van der Waals surface area contributed by atoms with E-state index in [2.05, 4.69) is 15.6 Å². The minimum atomic E-state index is 0.466. The van der Waals surface area contributed by atoms with Gasteiger partial charge in [0.15, 0.2) is 5.15 Å². The Morgan fingerprint density at radius 1 is 1.69 bits per heavy atom. The van der Waals surface area contributed by atoms with E-state index in [1.54, 1.807) is 6.20 Å². The van der Waals surface area contributed by atoms with Gasteiger partial charge in [0.1, 0.15) is 12.4 Å². The van der Waals surface area contributed by atoms with Crippen molar-refractivity contribution in [3.63, 3.8) is 0 Å². The van der Waals surface area contributed by atoms with Gasteiger partial charge in [-0.3, -0.25) is 0 Å². The van der Waals surface area contributed by atoms with Gasteiger partial charge < -0.3 is 15.4 Å². The van der Waals surface area contributed by atoms with E-state index in [1.807, 2.05) is 13.1 Å². The molecule has 1 saturated heterocycles. The molecule has 1 fully saturated rings. The minimum Gasteiger partial charge on any atom is -0.490 e. The fourth-order valence-electron chi connectivity index (χ4n) is 1.78. The molecule has 1 aromatic rings. The number of nitrogens with zero attached hydrogens (tertiary/aromatic N) is 1. The molecule has 0 bridgehead atoms.